The molecule has 0 spiro atoms. The number of nitrogens with two attached hydrogens (primary N) is 1. The highest BCUT2D eigenvalue weighted by molar-refractivity contribution is 9.13. The summed E-state index contributed by atoms with van der Waals surface area (Å²) in [5.74, 6) is 1.11. The van der Waals surface area contributed by atoms with Crippen LogP contribution < -0.4 is 5.73 Å². The summed E-state index contributed by atoms with van der Waals surface area (Å²) in [6, 6.07) is 13.7. The maximum atomic E-state index is 5.91. The molecular formula is C14H9Br2N3S. The first kappa shape index (κ1) is 13.7. The van der Waals surface area contributed by atoms with Crippen LogP contribution in [0.25, 0.3) is 22.0 Å². The van der Waals surface area contributed by atoms with Gasteiger partial charge >= 0.3 is 0 Å². The van der Waals surface area contributed by atoms with E-state index in [4.69, 9.17) is 5.73 Å². The Morgan fingerprint density at radius 1 is 1.00 bits per heavy atom. The molecule has 100 valence electrons. The van der Waals surface area contributed by atoms with Crippen LogP contribution in [0.2, 0.25) is 0 Å². The topological polar surface area (TPSA) is 51.8 Å². The molecule has 3 rings (SSSR count). The highest BCUT2D eigenvalue weighted by Crippen LogP contribution is 2.37. The molecule has 0 bridgehead atoms. The lowest BCUT2D eigenvalue weighted by atomic mass is 10.1. The standard InChI is InChI=1S/C14H9Br2N3S/c15-9-6-11(20-13(9)16)14-18-10(7-12(17)19-14)8-4-2-1-3-5-8/h1-7H,(H2,17,18,19). The van der Waals surface area contributed by atoms with Gasteiger partial charge in [0.25, 0.3) is 0 Å². The number of thiophene rings is 1. The Kier molecular flexibility index (Phi) is 3.87. The summed E-state index contributed by atoms with van der Waals surface area (Å²) in [5, 5.41) is 0. The first-order chi connectivity index (χ1) is 9.63. The molecule has 3 aromatic rings. The second-order valence-electron chi connectivity index (χ2n) is 4.10. The molecular weight excluding hydrogens is 402 g/mol. The van der Waals surface area contributed by atoms with E-state index in [9.17, 15) is 0 Å². The van der Waals surface area contributed by atoms with Crippen molar-refractivity contribution >= 4 is 49.0 Å². The van der Waals surface area contributed by atoms with E-state index in [-0.39, 0.29) is 0 Å². The molecule has 0 amide bonds. The van der Waals surface area contributed by atoms with Crippen molar-refractivity contribution in [2.45, 2.75) is 0 Å². The summed E-state index contributed by atoms with van der Waals surface area (Å²) in [6.07, 6.45) is 0. The van der Waals surface area contributed by atoms with Crippen molar-refractivity contribution in [3.05, 3.63) is 50.7 Å². The van der Waals surface area contributed by atoms with Gasteiger partial charge in [0.05, 0.1) is 14.4 Å². The van der Waals surface area contributed by atoms with Crippen molar-refractivity contribution in [3.8, 4) is 22.0 Å². The number of anilines is 1. The van der Waals surface area contributed by atoms with Crippen LogP contribution in [-0.2, 0) is 0 Å². The smallest absolute Gasteiger partial charge is 0.172 e. The Balaban J connectivity index is 2.12. The summed E-state index contributed by atoms with van der Waals surface area (Å²) in [5.41, 5.74) is 7.76. The predicted octanol–water partition coefficient (Wildman–Crippen LogP) is 4.98. The lowest BCUT2D eigenvalue weighted by molar-refractivity contribution is 1.20. The molecule has 0 aliphatic heterocycles. The number of rotatable bonds is 2. The number of halogens is 2. The van der Waals surface area contributed by atoms with Gasteiger partial charge < -0.3 is 5.73 Å². The molecule has 0 atom stereocenters. The third kappa shape index (κ3) is 2.77. The molecule has 0 fully saturated rings. The van der Waals surface area contributed by atoms with Crippen LogP contribution in [-0.4, -0.2) is 9.97 Å². The van der Waals surface area contributed by atoms with E-state index in [2.05, 4.69) is 41.8 Å². The normalized spacial score (nSPS) is 10.7. The van der Waals surface area contributed by atoms with Gasteiger partial charge in [0.15, 0.2) is 5.82 Å². The minimum Gasteiger partial charge on any atom is -0.384 e. The van der Waals surface area contributed by atoms with Crippen molar-refractivity contribution < 1.29 is 0 Å². The molecule has 0 aliphatic rings. The van der Waals surface area contributed by atoms with Crippen molar-refractivity contribution in [1.82, 2.24) is 9.97 Å². The average molecular weight is 411 g/mol. The van der Waals surface area contributed by atoms with Gasteiger partial charge in [0.2, 0.25) is 0 Å². The number of nitrogens with zero attached hydrogens (tertiary/aromatic N) is 2. The minimum atomic E-state index is 0.467. The quantitative estimate of drug-likeness (QED) is 0.648. The molecule has 1 aromatic carbocycles. The van der Waals surface area contributed by atoms with Gasteiger partial charge in [-0.05, 0) is 37.9 Å². The van der Waals surface area contributed by atoms with Crippen molar-refractivity contribution in [2.24, 2.45) is 0 Å². The Bertz CT molecular complexity index is 737. The zero-order valence-corrected chi connectivity index (χ0v) is 14.2. The monoisotopic (exact) mass is 409 g/mol. The maximum Gasteiger partial charge on any atom is 0.172 e. The average Bonchev–Trinajstić information content (AvgIpc) is 2.79. The van der Waals surface area contributed by atoms with E-state index < -0.39 is 0 Å². The summed E-state index contributed by atoms with van der Waals surface area (Å²) >= 11 is 8.52. The minimum absolute atomic E-state index is 0.467. The summed E-state index contributed by atoms with van der Waals surface area (Å²) < 4.78 is 2.00. The zero-order valence-electron chi connectivity index (χ0n) is 10.2. The van der Waals surface area contributed by atoms with Gasteiger partial charge in [0, 0.05) is 16.1 Å². The van der Waals surface area contributed by atoms with Crippen LogP contribution in [0.3, 0.4) is 0 Å². The number of nitrogen functional groups attached to an aromatic ring is 1. The van der Waals surface area contributed by atoms with Gasteiger partial charge in [0.1, 0.15) is 5.82 Å². The zero-order chi connectivity index (χ0) is 14.1. The summed E-state index contributed by atoms with van der Waals surface area (Å²) in [4.78, 5) is 9.89. The number of hydrogen-bond donors (Lipinski definition) is 1. The van der Waals surface area contributed by atoms with Gasteiger partial charge in [-0.25, -0.2) is 9.97 Å². The highest BCUT2D eigenvalue weighted by atomic mass is 79.9. The molecule has 2 N–H and O–H groups in total. The predicted molar refractivity (Wildman–Crippen MR) is 90.6 cm³/mol. The third-order valence-electron chi connectivity index (χ3n) is 2.68. The van der Waals surface area contributed by atoms with Crippen LogP contribution in [0.5, 0.6) is 0 Å². The van der Waals surface area contributed by atoms with Crippen molar-refractivity contribution in [3.63, 3.8) is 0 Å². The van der Waals surface area contributed by atoms with Gasteiger partial charge in [-0.3, -0.25) is 0 Å². The molecule has 0 saturated carbocycles. The Labute approximate surface area is 137 Å². The molecule has 2 aromatic heterocycles. The van der Waals surface area contributed by atoms with Gasteiger partial charge in [-0.1, -0.05) is 30.3 Å². The van der Waals surface area contributed by atoms with E-state index in [0.29, 0.717) is 11.6 Å². The van der Waals surface area contributed by atoms with Crippen LogP contribution in [0.4, 0.5) is 5.82 Å². The van der Waals surface area contributed by atoms with Crippen LogP contribution in [0.1, 0.15) is 0 Å². The Morgan fingerprint density at radius 2 is 1.75 bits per heavy atom. The number of hydrogen-bond acceptors (Lipinski definition) is 4. The van der Waals surface area contributed by atoms with E-state index in [1.807, 2.05) is 36.4 Å². The Hall–Kier alpha value is -1.24. The molecule has 20 heavy (non-hydrogen) atoms. The van der Waals surface area contributed by atoms with E-state index in [1.54, 1.807) is 17.4 Å². The van der Waals surface area contributed by atoms with Crippen LogP contribution >= 0.6 is 43.2 Å². The fourth-order valence-corrected chi connectivity index (χ4v) is 3.76. The molecule has 0 aliphatic carbocycles. The molecule has 0 unspecified atom stereocenters. The lowest BCUT2D eigenvalue weighted by Crippen LogP contribution is -1.96. The molecule has 6 heteroatoms. The van der Waals surface area contributed by atoms with Crippen molar-refractivity contribution in [2.75, 3.05) is 5.73 Å². The van der Waals surface area contributed by atoms with E-state index in [0.717, 1.165) is 24.4 Å². The molecule has 0 saturated heterocycles. The van der Waals surface area contributed by atoms with Crippen molar-refractivity contribution in [1.29, 1.82) is 0 Å². The van der Waals surface area contributed by atoms with Gasteiger partial charge in [-0.15, -0.1) is 11.3 Å². The highest BCUT2D eigenvalue weighted by Gasteiger charge is 2.11. The Morgan fingerprint density at radius 3 is 2.40 bits per heavy atom. The number of aromatic nitrogens is 2. The van der Waals surface area contributed by atoms with Gasteiger partial charge in [-0.2, -0.15) is 0 Å². The molecule has 0 radical (unpaired) electrons. The summed E-state index contributed by atoms with van der Waals surface area (Å²) in [6.45, 7) is 0. The lowest BCUT2D eigenvalue weighted by Gasteiger charge is -2.04. The van der Waals surface area contributed by atoms with E-state index in [1.165, 1.54) is 0 Å². The largest absolute Gasteiger partial charge is 0.384 e. The summed E-state index contributed by atoms with van der Waals surface area (Å²) in [7, 11) is 0. The van der Waals surface area contributed by atoms with Crippen LogP contribution in [0.15, 0.2) is 50.7 Å². The van der Waals surface area contributed by atoms with E-state index >= 15 is 0 Å². The molecule has 3 nitrogen and oxygen atoms in total. The fraction of sp³-hybridized carbons (Fsp3) is 0. The second kappa shape index (κ2) is 5.63. The maximum absolute atomic E-state index is 5.91. The second-order valence-corrected chi connectivity index (χ2v) is 7.32. The SMILES string of the molecule is Nc1cc(-c2ccccc2)nc(-c2cc(Br)c(Br)s2)n1. The molecule has 2 heterocycles. The first-order valence-corrected chi connectivity index (χ1v) is 8.19. The number of benzene rings is 1. The first-order valence-electron chi connectivity index (χ1n) is 5.78. The van der Waals surface area contributed by atoms with Crippen LogP contribution in [0, 0.1) is 0 Å². The third-order valence-corrected chi connectivity index (χ3v) is 5.93. The fourth-order valence-electron chi connectivity index (χ4n) is 1.79.